The molecule has 1 atom stereocenters. The van der Waals surface area contributed by atoms with Gasteiger partial charge in [0, 0.05) is 20.1 Å². The second-order valence-corrected chi connectivity index (χ2v) is 5.06. The third-order valence-corrected chi connectivity index (χ3v) is 2.19. The first kappa shape index (κ1) is 13.3. The van der Waals surface area contributed by atoms with Gasteiger partial charge in [-0.05, 0) is 20.8 Å². The van der Waals surface area contributed by atoms with Crippen molar-refractivity contribution in [2.75, 3.05) is 33.3 Å². The molecule has 0 spiro atoms. The Balaban J connectivity index is 2.33. The van der Waals surface area contributed by atoms with Crippen LogP contribution in [0.25, 0.3) is 0 Å². The lowest BCUT2D eigenvalue weighted by Crippen LogP contribution is -2.46. The van der Waals surface area contributed by atoms with Gasteiger partial charge in [0.25, 0.3) is 0 Å². The molecule has 1 heterocycles. The summed E-state index contributed by atoms with van der Waals surface area (Å²) in [5.74, 6) is 0. The molecule has 1 N–H and O–H groups in total. The van der Waals surface area contributed by atoms with Crippen LogP contribution in [0, 0.1) is 0 Å². The normalized spacial score (nSPS) is 21.6. The summed E-state index contributed by atoms with van der Waals surface area (Å²) in [7, 11) is 1.73. The molecule has 1 saturated heterocycles. The fraction of sp³-hybridized carbons (Fsp3) is 0.909. The molecule has 94 valence electrons. The number of morpholine rings is 1. The monoisotopic (exact) mass is 230 g/mol. The number of carbonyl (C=O) groups excluding carboxylic acids is 1. The molecule has 0 saturated carbocycles. The second kappa shape index (κ2) is 5.50. The van der Waals surface area contributed by atoms with E-state index in [-0.39, 0.29) is 12.2 Å². The summed E-state index contributed by atoms with van der Waals surface area (Å²) in [6, 6.07) is 0. The van der Waals surface area contributed by atoms with Crippen LogP contribution >= 0.6 is 0 Å². The Hall–Kier alpha value is -0.810. The first-order chi connectivity index (χ1) is 7.38. The molecule has 0 aliphatic carbocycles. The maximum absolute atomic E-state index is 11.7. The van der Waals surface area contributed by atoms with Crippen molar-refractivity contribution in [3.63, 3.8) is 0 Å². The average molecular weight is 230 g/mol. The fourth-order valence-electron chi connectivity index (χ4n) is 1.46. The molecule has 1 aliphatic heterocycles. The zero-order valence-corrected chi connectivity index (χ0v) is 10.6. The number of carbonyl (C=O) groups is 1. The highest BCUT2D eigenvalue weighted by Gasteiger charge is 2.23. The minimum Gasteiger partial charge on any atom is -0.444 e. The molecule has 1 unspecified atom stereocenters. The summed E-state index contributed by atoms with van der Waals surface area (Å²) in [5, 5.41) is 3.22. The maximum Gasteiger partial charge on any atom is 0.410 e. The first-order valence-corrected chi connectivity index (χ1v) is 5.65. The highest BCUT2D eigenvalue weighted by molar-refractivity contribution is 5.67. The number of likely N-dealkylation sites (N-methyl/N-ethyl adjacent to an activating group) is 1. The SMILES string of the molecule is CN(CC1CNCCO1)C(=O)OC(C)(C)C. The first-order valence-electron chi connectivity index (χ1n) is 5.65. The molecular formula is C11H22N2O3. The van der Waals surface area contributed by atoms with Gasteiger partial charge < -0.3 is 19.7 Å². The van der Waals surface area contributed by atoms with E-state index in [1.807, 2.05) is 20.8 Å². The van der Waals surface area contributed by atoms with E-state index in [1.54, 1.807) is 11.9 Å². The largest absolute Gasteiger partial charge is 0.444 e. The van der Waals surface area contributed by atoms with Crippen molar-refractivity contribution in [3.05, 3.63) is 0 Å². The summed E-state index contributed by atoms with van der Waals surface area (Å²) in [6.07, 6.45) is -0.243. The van der Waals surface area contributed by atoms with E-state index >= 15 is 0 Å². The summed E-state index contributed by atoms with van der Waals surface area (Å²) in [6.45, 7) is 8.50. The topological polar surface area (TPSA) is 50.8 Å². The van der Waals surface area contributed by atoms with Crippen LogP contribution in [0.3, 0.4) is 0 Å². The summed E-state index contributed by atoms with van der Waals surface area (Å²) < 4.78 is 10.8. The fourth-order valence-corrected chi connectivity index (χ4v) is 1.46. The van der Waals surface area contributed by atoms with E-state index < -0.39 is 5.60 Å². The smallest absolute Gasteiger partial charge is 0.410 e. The van der Waals surface area contributed by atoms with Crippen LogP contribution in [0.4, 0.5) is 4.79 Å². The van der Waals surface area contributed by atoms with Crippen molar-refractivity contribution >= 4 is 6.09 Å². The van der Waals surface area contributed by atoms with E-state index in [0.717, 1.165) is 13.1 Å². The zero-order chi connectivity index (χ0) is 12.2. The molecule has 0 aromatic heterocycles. The molecule has 0 aromatic rings. The van der Waals surface area contributed by atoms with Gasteiger partial charge in [-0.1, -0.05) is 0 Å². The predicted octanol–water partition coefficient (Wildman–Crippen LogP) is 0.842. The number of ether oxygens (including phenoxy) is 2. The van der Waals surface area contributed by atoms with Crippen LogP contribution in [-0.2, 0) is 9.47 Å². The molecule has 0 bridgehead atoms. The van der Waals surface area contributed by atoms with E-state index in [4.69, 9.17) is 9.47 Å². The van der Waals surface area contributed by atoms with Crippen LogP contribution in [-0.4, -0.2) is 56.0 Å². The Labute approximate surface area is 97.1 Å². The third kappa shape index (κ3) is 4.81. The lowest BCUT2D eigenvalue weighted by atomic mass is 10.2. The van der Waals surface area contributed by atoms with Crippen LogP contribution in [0.5, 0.6) is 0 Å². The summed E-state index contributed by atoms with van der Waals surface area (Å²) in [5.41, 5.74) is -0.447. The highest BCUT2D eigenvalue weighted by atomic mass is 16.6. The van der Waals surface area contributed by atoms with E-state index in [9.17, 15) is 4.79 Å². The molecule has 1 aliphatic rings. The van der Waals surface area contributed by atoms with Crippen molar-refractivity contribution in [1.29, 1.82) is 0 Å². The highest BCUT2D eigenvalue weighted by Crippen LogP contribution is 2.09. The number of nitrogens with zero attached hydrogens (tertiary/aromatic N) is 1. The molecule has 0 radical (unpaired) electrons. The van der Waals surface area contributed by atoms with Crippen LogP contribution in [0.2, 0.25) is 0 Å². The third-order valence-electron chi connectivity index (χ3n) is 2.19. The quantitative estimate of drug-likeness (QED) is 0.764. The Morgan fingerprint density at radius 2 is 2.25 bits per heavy atom. The molecule has 5 nitrogen and oxygen atoms in total. The molecule has 1 fully saturated rings. The molecular weight excluding hydrogens is 208 g/mol. The van der Waals surface area contributed by atoms with Gasteiger partial charge in [0.2, 0.25) is 0 Å². The van der Waals surface area contributed by atoms with Crippen molar-refractivity contribution in [1.82, 2.24) is 10.2 Å². The molecule has 0 aromatic carbocycles. The van der Waals surface area contributed by atoms with E-state index in [1.165, 1.54) is 0 Å². The van der Waals surface area contributed by atoms with Gasteiger partial charge in [-0.15, -0.1) is 0 Å². The maximum atomic E-state index is 11.7. The van der Waals surface area contributed by atoms with Crippen molar-refractivity contribution in [2.24, 2.45) is 0 Å². The van der Waals surface area contributed by atoms with Crippen molar-refractivity contribution in [3.8, 4) is 0 Å². The Morgan fingerprint density at radius 3 is 2.75 bits per heavy atom. The Morgan fingerprint density at radius 1 is 1.56 bits per heavy atom. The summed E-state index contributed by atoms with van der Waals surface area (Å²) in [4.78, 5) is 13.2. The average Bonchev–Trinajstić information content (AvgIpc) is 2.16. The van der Waals surface area contributed by atoms with E-state index in [2.05, 4.69) is 5.32 Å². The number of rotatable bonds is 2. The van der Waals surface area contributed by atoms with Crippen LogP contribution in [0.1, 0.15) is 20.8 Å². The lowest BCUT2D eigenvalue weighted by molar-refractivity contribution is -0.00696. The minimum atomic E-state index is -0.447. The van der Waals surface area contributed by atoms with Crippen LogP contribution in [0.15, 0.2) is 0 Å². The van der Waals surface area contributed by atoms with Gasteiger partial charge >= 0.3 is 6.09 Å². The van der Waals surface area contributed by atoms with Gasteiger partial charge in [0.05, 0.1) is 19.3 Å². The van der Waals surface area contributed by atoms with Gasteiger partial charge in [-0.2, -0.15) is 0 Å². The van der Waals surface area contributed by atoms with Crippen LogP contribution < -0.4 is 5.32 Å². The van der Waals surface area contributed by atoms with Crippen molar-refractivity contribution < 1.29 is 14.3 Å². The standard InChI is InChI=1S/C11H22N2O3/c1-11(2,3)16-10(14)13(4)8-9-7-12-5-6-15-9/h9,12H,5-8H2,1-4H3. The Kier molecular flexibility index (Phi) is 4.56. The van der Waals surface area contributed by atoms with Gasteiger partial charge in [0.15, 0.2) is 0 Å². The lowest BCUT2D eigenvalue weighted by Gasteiger charge is -2.29. The van der Waals surface area contributed by atoms with E-state index in [0.29, 0.717) is 13.2 Å². The van der Waals surface area contributed by atoms with Crippen molar-refractivity contribution in [2.45, 2.75) is 32.5 Å². The predicted molar refractivity (Wildman–Crippen MR) is 61.5 cm³/mol. The van der Waals surface area contributed by atoms with Gasteiger partial charge in [-0.25, -0.2) is 4.79 Å². The van der Waals surface area contributed by atoms with Gasteiger partial charge in [-0.3, -0.25) is 0 Å². The number of nitrogens with one attached hydrogen (secondary N) is 1. The molecule has 1 amide bonds. The Bertz CT molecular complexity index is 232. The molecule has 1 rings (SSSR count). The number of amides is 1. The number of hydrogen-bond acceptors (Lipinski definition) is 4. The molecule has 5 heteroatoms. The van der Waals surface area contributed by atoms with Gasteiger partial charge in [0.1, 0.15) is 5.60 Å². The second-order valence-electron chi connectivity index (χ2n) is 5.06. The number of hydrogen-bond donors (Lipinski definition) is 1. The minimum absolute atomic E-state index is 0.0614. The molecule has 16 heavy (non-hydrogen) atoms. The zero-order valence-electron chi connectivity index (χ0n) is 10.6. The summed E-state index contributed by atoms with van der Waals surface area (Å²) >= 11 is 0.